The fourth-order valence-corrected chi connectivity index (χ4v) is 3.24. The molecule has 0 spiro atoms. The van der Waals surface area contributed by atoms with E-state index >= 15 is 0 Å². The lowest BCUT2D eigenvalue weighted by Gasteiger charge is -2.21. The van der Waals surface area contributed by atoms with Crippen LogP contribution >= 0.6 is 11.3 Å². The fraction of sp³-hybridized carbons (Fsp3) is 0.462. The molecule has 2 rings (SSSR count). The minimum Gasteiger partial charge on any atom is -0.477 e. The zero-order chi connectivity index (χ0) is 14.2. The van der Waals surface area contributed by atoms with Crippen LogP contribution in [0.25, 0.3) is 10.2 Å². The summed E-state index contributed by atoms with van der Waals surface area (Å²) in [4.78, 5) is 23.4. The number of anilines is 1. The van der Waals surface area contributed by atoms with Gasteiger partial charge >= 0.3 is 5.97 Å². The summed E-state index contributed by atoms with van der Waals surface area (Å²) < 4.78 is 0. The van der Waals surface area contributed by atoms with E-state index in [1.807, 2.05) is 13.8 Å². The first-order valence-corrected chi connectivity index (χ1v) is 7.07. The van der Waals surface area contributed by atoms with Crippen LogP contribution in [-0.2, 0) is 0 Å². The van der Waals surface area contributed by atoms with E-state index in [1.54, 1.807) is 0 Å². The number of aromatic carboxylic acids is 1. The number of aryl methyl sites for hydroxylation is 2. The highest BCUT2D eigenvalue weighted by Crippen LogP contribution is 2.35. The number of carboxylic acid groups (broad SMARTS) is 1. The first-order chi connectivity index (χ1) is 8.99. The van der Waals surface area contributed by atoms with E-state index in [9.17, 15) is 9.90 Å². The third-order valence-corrected chi connectivity index (χ3v) is 4.31. The maximum absolute atomic E-state index is 11.2. The summed E-state index contributed by atoms with van der Waals surface area (Å²) in [6.45, 7) is 9.45. The van der Waals surface area contributed by atoms with Crippen LogP contribution in [0.4, 0.5) is 5.82 Å². The van der Waals surface area contributed by atoms with Gasteiger partial charge in [0, 0.05) is 13.1 Å². The Kier molecular flexibility index (Phi) is 3.71. The van der Waals surface area contributed by atoms with E-state index in [1.165, 1.54) is 11.3 Å². The van der Waals surface area contributed by atoms with Crippen LogP contribution in [0, 0.1) is 13.8 Å². The molecule has 102 valence electrons. The summed E-state index contributed by atoms with van der Waals surface area (Å²) in [5.41, 5.74) is 0.759. The Morgan fingerprint density at radius 3 is 2.42 bits per heavy atom. The number of fused-ring (bicyclic) bond motifs is 1. The minimum absolute atomic E-state index is 0.350. The maximum Gasteiger partial charge on any atom is 0.346 e. The number of rotatable bonds is 4. The van der Waals surface area contributed by atoms with Gasteiger partial charge < -0.3 is 10.0 Å². The largest absolute Gasteiger partial charge is 0.477 e. The standard InChI is InChI=1S/C13H17N3O2S/c1-5-16(6-2)11-9-7(3)10(13(17)18)19-12(9)15-8(4)14-11/h5-6H2,1-4H3,(H,17,18). The zero-order valence-electron chi connectivity index (χ0n) is 11.5. The Bertz CT molecular complexity index is 632. The summed E-state index contributed by atoms with van der Waals surface area (Å²) in [6, 6.07) is 0. The summed E-state index contributed by atoms with van der Waals surface area (Å²) >= 11 is 1.22. The third kappa shape index (κ3) is 2.28. The Balaban J connectivity index is 2.79. The van der Waals surface area contributed by atoms with Gasteiger partial charge in [0.05, 0.1) is 5.39 Å². The molecule has 0 saturated heterocycles. The van der Waals surface area contributed by atoms with Crippen molar-refractivity contribution in [2.45, 2.75) is 27.7 Å². The predicted octanol–water partition coefficient (Wildman–Crippen LogP) is 2.85. The van der Waals surface area contributed by atoms with Gasteiger partial charge in [0.2, 0.25) is 0 Å². The lowest BCUT2D eigenvalue weighted by Crippen LogP contribution is -2.23. The molecule has 0 aromatic carbocycles. The Labute approximate surface area is 115 Å². The molecule has 0 fully saturated rings. The van der Waals surface area contributed by atoms with Crippen molar-refractivity contribution in [2.24, 2.45) is 0 Å². The second kappa shape index (κ2) is 5.13. The van der Waals surface area contributed by atoms with Crippen LogP contribution in [0.5, 0.6) is 0 Å². The minimum atomic E-state index is -0.899. The Morgan fingerprint density at radius 1 is 1.26 bits per heavy atom. The van der Waals surface area contributed by atoms with Gasteiger partial charge in [-0.15, -0.1) is 11.3 Å². The molecule has 19 heavy (non-hydrogen) atoms. The first-order valence-electron chi connectivity index (χ1n) is 6.25. The van der Waals surface area contributed by atoms with E-state index in [0.717, 1.165) is 34.7 Å². The van der Waals surface area contributed by atoms with Crippen molar-refractivity contribution in [1.82, 2.24) is 9.97 Å². The molecule has 0 radical (unpaired) electrons. The smallest absolute Gasteiger partial charge is 0.346 e. The topological polar surface area (TPSA) is 66.3 Å². The van der Waals surface area contributed by atoms with Crippen LogP contribution in [-0.4, -0.2) is 34.1 Å². The van der Waals surface area contributed by atoms with Gasteiger partial charge in [0.25, 0.3) is 0 Å². The molecule has 5 nitrogen and oxygen atoms in total. The van der Waals surface area contributed by atoms with Gasteiger partial charge in [0.15, 0.2) is 0 Å². The highest BCUT2D eigenvalue weighted by atomic mass is 32.1. The van der Waals surface area contributed by atoms with Crippen molar-refractivity contribution in [2.75, 3.05) is 18.0 Å². The average molecular weight is 279 g/mol. The molecule has 0 atom stereocenters. The molecular weight excluding hydrogens is 262 g/mol. The van der Waals surface area contributed by atoms with Crippen LogP contribution in [0.15, 0.2) is 0 Å². The van der Waals surface area contributed by atoms with Gasteiger partial charge in [-0.1, -0.05) is 0 Å². The van der Waals surface area contributed by atoms with Crippen molar-refractivity contribution < 1.29 is 9.90 Å². The molecule has 0 unspecified atom stereocenters. The molecule has 2 heterocycles. The lowest BCUT2D eigenvalue weighted by atomic mass is 10.2. The van der Waals surface area contributed by atoms with Crippen molar-refractivity contribution in [3.63, 3.8) is 0 Å². The zero-order valence-corrected chi connectivity index (χ0v) is 12.3. The monoisotopic (exact) mass is 279 g/mol. The average Bonchev–Trinajstić information content (AvgIpc) is 2.68. The van der Waals surface area contributed by atoms with Crippen molar-refractivity contribution >= 4 is 33.3 Å². The molecule has 0 bridgehead atoms. The molecule has 0 aliphatic rings. The van der Waals surface area contributed by atoms with Gasteiger partial charge in [-0.25, -0.2) is 14.8 Å². The van der Waals surface area contributed by atoms with Gasteiger partial charge in [-0.3, -0.25) is 0 Å². The van der Waals surface area contributed by atoms with E-state index in [-0.39, 0.29) is 0 Å². The van der Waals surface area contributed by atoms with E-state index < -0.39 is 5.97 Å². The molecule has 0 aliphatic carbocycles. The van der Waals surface area contributed by atoms with E-state index in [2.05, 4.69) is 28.7 Å². The fourth-order valence-electron chi connectivity index (χ4n) is 2.18. The maximum atomic E-state index is 11.2. The third-order valence-electron chi connectivity index (χ3n) is 3.14. The molecule has 1 N–H and O–H groups in total. The molecule has 6 heteroatoms. The summed E-state index contributed by atoms with van der Waals surface area (Å²) in [7, 11) is 0. The summed E-state index contributed by atoms with van der Waals surface area (Å²) in [5, 5.41) is 10.1. The SMILES string of the molecule is CCN(CC)c1nc(C)nc2sc(C(=O)O)c(C)c12. The van der Waals surface area contributed by atoms with Gasteiger partial charge in [-0.2, -0.15) is 0 Å². The summed E-state index contributed by atoms with van der Waals surface area (Å²) in [6.07, 6.45) is 0. The second-order valence-electron chi connectivity index (χ2n) is 4.31. The normalized spacial score (nSPS) is 10.9. The van der Waals surface area contributed by atoms with Crippen molar-refractivity contribution in [1.29, 1.82) is 0 Å². The number of aromatic nitrogens is 2. The van der Waals surface area contributed by atoms with Crippen LogP contribution in [0.3, 0.4) is 0 Å². The van der Waals surface area contributed by atoms with Crippen LogP contribution < -0.4 is 4.90 Å². The van der Waals surface area contributed by atoms with Gasteiger partial charge in [-0.05, 0) is 33.3 Å². The highest BCUT2D eigenvalue weighted by molar-refractivity contribution is 7.20. The highest BCUT2D eigenvalue weighted by Gasteiger charge is 2.21. The molecular formula is C13H17N3O2S. The molecule has 2 aromatic rings. The quantitative estimate of drug-likeness (QED) is 0.932. The molecule has 0 aliphatic heterocycles. The second-order valence-corrected chi connectivity index (χ2v) is 5.31. The number of carboxylic acids is 1. The number of hydrogen-bond acceptors (Lipinski definition) is 5. The lowest BCUT2D eigenvalue weighted by molar-refractivity contribution is 0.0701. The molecule has 2 aromatic heterocycles. The van der Waals surface area contributed by atoms with E-state index in [4.69, 9.17) is 0 Å². The van der Waals surface area contributed by atoms with Crippen molar-refractivity contribution in [3.05, 3.63) is 16.3 Å². The summed E-state index contributed by atoms with van der Waals surface area (Å²) in [5.74, 6) is 0.616. The van der Waals surface area contributed by atoms with E-state index in [0.29, 0.717) is 10.7 Å². The number of hydrogen-bond donors (Lipinski definition) is 1. The Morgan fingerprint density at radius 2 is 1.89 bits per heavy atom. The predicted molar refractivity (Wildman–Crippen MR) is 77.4 cm³/mol. The van der Waals surface area contributed by atoms with Gasteiger partial charge in [0.1, 0.15) is 21.3 Å². The van der Waals surface area contributed by atoms with Crippen LogP contribution in [0.2, 0.25) is 0 Å². The van der Waals surface area contributed by atoms with Crippen molar-refractivity contribution in [3.8, 4) is 0 Å². The molecule has 0 amide bonds. The number of carbonyl (C=O) groups is 1. The Hall–Kier alpha value is -1.69. The number of thiophene rings is 1. The van der Waals surface area contributed by atoms with Crippen LogP contribution in [0.1, 0.15) is 34.9 Å². The first kappa shape index (κ1) is 13.7. The number of nitrogens with zero attached hydrogens (tertiary/aromatic N) is 3. The molecule has 0 saturated carbocycles.